The van der Waals surface area contributed by atoms with Crippen LogP contribution in [0.3, 0.4) is 0 Å². The fraction of sp³-hybridized carbons (Fsp3) is 0.520. The van der Waals surface area contributed by atoms with Crippen LogP contribution in [-0.2, 0) is 25.0 Å². The molecule has 0 radical (unpaired) electrons. The van der Waals surface area contributed by atoms with Crippen molar-refractivity contribution >= 4 is 14.5 Å². The maximum Gasteiger partial charge on any atom is 0.332 e. The molecule has 32 heavy (non-hydrogen) atoms. The van der Waals surface area contributed by atoms with Gasteiger partial charge in [-0.2, -0.15) is 0 Å². The molecule has 1 aromatic carbocycles. The number of carbonyl (C=O) groups is 1. The number of carbonyl (C=O) groups excluding carboxylic acids is 1. The fourth-order valence-electron chi connectivity index (χ4n) is 4.76. The number of aromatic nitrogens is 1. The SMILES string of the molecule is CN1C2CCC1CC(OC(=O)C(CO[Si](C)(C)OCc1cccnc1)c1ccccc1)C2. The Morgan fingerprint density at radius 3 is 2.47 bits per heavy atom. The number of benzene rings is 1. The van der Waals surface area contributed by atoms with E-state index in [0.29, 0.717) is 18.7 Å². The molecular formula is C25H34N2O4Si. The molecular weight excluding hydrogens is 420 g/mol. The largest absolute Gasteiger partial charge is 0.462 e. The minimum absolute atomic E-state index is 0.00509. The van der Waals surface area contributed by atoms with E-state index in [0.717, 1.165) is 24.0 Å². The highest BCUT2D eigenvalue weighted by atomic mass is 28.4. The molecule has 0 spiro atoms. The highest BCUT2D eigenvalue weighted by Gasteiger charge is 2.41. The third kappa shape index (κ3) is 5.84. The van der Waals surface area contributed by atoms with Crippen molar-refractivity contribution in [2.75, 3.05) is 13.7 Å². The van der Waals surface area contributed by atoms with Crippen molar-refractivity contribution in [2.24, 2.45) is 0 Å². The molecule has 4 rings (SSSR count). The van der Waals surface area contributed by atoms with Crippen LogP contribution in [-0.4, -0.2) is 56.3 Å². The maximum absolute atomic E-state index is 13.3. The van der Waals surface area contributed by atoms with Crippen LogP contribution in [0.2, 0.25) is 13.1 Å². The van der Waals surface area contributed by atoms with Crippen molar-refractivity contribution in [1.29, 1.82) is 0 Å². The first kappa shape index (κ1) is 23.1. The molecule has 0 aliphatic carbocycles. The van der Waals surface area contributed by atoms with Gasteiger partial charge in [0, 0.05) is 24.5 Å². The van der Waals surface area contributed by atoms with Gasteiger partial charge in [-0.3, -0.25) is 9.78 Å². The van der Waals surface area contributed by atoms with Gasteiger partial charge in [0.1, 0.15) is 12.0 Å². The van der Waals surface area contributed by atoms with E-state index in [1.54, 1.807) is 12.4 Å². The number of pyridine rings is 1. The number of piperidine rings is 1. The summed E-state index contributed by atoms with van der Waals surface area (Å²) in [6.07, 6.45) is 7.79. The predicted molar refractivity (Wildman–Crippen MR) is 125 cm³/mol. The second-order valence-electron chi connectivity index (χ2n) is 9.40. The normalized spacial score (nSPS) is 24.3. The Hall–Kier alpha value is -2.06. The summed E-state index contributed by atoms with van der Waals surface area (Å²) in [5, 5.41) is 0. The summed E-state index contributed by atoms with van der Waals surface area (Å²) in [6, 6.07) is 14.7. The number of fused-ring (bicyclic) bond motifs is 2. The number of rotatable bonds is 9. The van der Waals surface area contributed by atoms with Crippen LogP contribution >= 0.6 is 0 Å². The second kappa shape index (κ2) is 10.3. The van der Waals surface area contributed by atoms with Gasteiger partial charge in [-0.25, -0.2) is 0 Å². The van der Waals surface area contributed by atoms with Gasteiger partial charge in [-0.05, 0) is 63.0 Å². The Labute approximate surface area is 192 Å². The summed E-state index contributed by atoms with van der Waals surface area (Å²) >= 11 is 0. The molecule has 3 heterocycles. The molecule has 2 fully saturated rings. The first-order valence-corrected chi connectivity index (χ1v) is 14.4. The molecule has 0 amide bonds. The maximum atomic E-state index is 13.3. The van der Waals surface area contributed by atoms with E-state index >= 15 is 0 Å². The Morgan fingerprint density at radius 1 is 1.09 bits per heavy atom. The van der Waals surface area contributed by atoms with Crippen molar-refractivity contribution in [3.63, 3.8) is 0 Å². The standard InChI is InChI=1S/C25H34N2O4Si/c1-27-21-11-12-22(27)15-23(14-21)31-25(28)24(20-9-5-4-6-10-20)18-30-32(2,3)29-17-19-8-7-13-26-16-19/h4-10,13,16,21-24H,11-12,14-15,17-18H2,1-3H3. The molecule has 2 aromatic rings. The zero-order valence-corrected chi connectivity index (χ0v) is 20.3. The van der Waals surface area contributed by atoms with Crippen LogP contribution < -0.4 is 0 Å². The number of ether oxygens (including phenoxy) is 1. The molecule has 0 saturated carbocycles. The van der Waals surface area contributed by atoms with Gasteiger partial charge >= 0.3 is 14.5 Å². The Morgan fingerprint density at radius 2 is 1.81 bits per heavy atom. The van der Waals surface area contributed by atoms with Crippen LogP contribution in [0.25, 0.3) is 0 Å². The highest BCUT2D eigenvalue weighted by Crippen LogP contribution is 2.36. The van der Waals surface area contributed by atoms with Gasteiger partial charge in [-0.1, -0.05) is 36.4 Å². The van der Waals surface area contributed by atoms with Crippen LogP contribution in [0.1, 0.15) is 42.7 Å². The van der Waals surface area contributed by atoms with Gasteiger partial charge in [0.05, 0.1) is 13.2 Å². The molecule has 172 valence electrons. The summed E-state index contributed by atoms with van der Waals surface area (Å²) in [7, 11) is -0.250. The lowest BCUT2D eigenvalue weighted by Crippen LogP contribution is -2.44. The molecule has 3 atom stereocenters. The average molecular weight is 455 g/mol. The number of nitrogens with zero attached hydrogens (tertiary/aromatic N) is 2. The van der Waals surface area contributed by atoms with Crippen LogP contribution in [0.5, 0.6) is 0 Å². The van der Waals surface area contributed by atoms with Crippen molar-refractivity contribution in [1.82, 2.24) is 9.88 Å². The molecule has 3 unspecified atom stereocenters. The summed E-state index contributed by atoms with van der Waals surface area (Å²) in [5.41, 5.74) is 1.93. The first-order valence-electron chi connectivity index (χ1n) is 11.6. The monoisotopic (exact) mass is 454 g/mol. The second-order valence-corrected chi connectivity index (χ2v) is 12.8. The van der Waals surface area contributed by atoms with E-state index in [1.165, 1.54) is 12.8 Å². The summed E-state index contributed by atoms with van der Waals surface area (Å²) in [6.45, 7) is 4.72. The number of hydrogen-bond donors (Lipinski definition) is 0. The highest BCUT2D eigenvalue weighted by molar-refractivity contribution is 6.64. The third-order valence-electron chi connectivity index (χ3n) is 6.73. The van der Waals surface area contributed by atoms with Crippen molar-refractivity contribution in [3.8, 4) is 0 Å². The van der Waals surface area contributed by atoms with Crippen molar-refractivity contribution < 1.29 is 18.4 Å². The molecule has 2 aliphatic heterocycles. The molecule has 2 bridgehead atoms. The molecule has 2 saturated heterocycles. The van der Waals surface area contributed by atoms with E-state index in [2.05, 4.69) is 16.9 Å². The van der Waals surface area contributed by atoms with Crippen LogP contribution in [0.15, 0.2) is 54.9 Å². The van der Waals surface area contributed by atoms with Gasteiger partial charge in [-0.15, -0.1) is 0 Å². The zero-order chi connectivity index (χ0) is 22.6. The molecule has 0 N–H and O–H groups in total. The van der Waals surface area contributed by atoms with E-state index in [9.17, 15) is 4.79 Å². The molecule has 7 heteroatoms. The molecule has 6 nitrogen and oxygen atoms in total. The molecule has 1 aromatic heterocycles. The van der Waals surface area contributed by atoms with E-state index in [4.69, 9.17) is 13.6 Å². The Balaban J connectivity index is 1.38. The zero-order valence-electron chi connectivity index (χ0n) is 19.3. The molecule has 2 aliphatic rings. The summed E-state index contributed by atoms with van der Waals surface area (Å²) < 4.78 is 18.4. The van der Waals surface area contributed by atoms with Crippen LogP contribution in [0, 0.1) is 0 Å². The van der Waals surface area contributed by atoms with Gasteiger partial charge < -0.3 is 18.5 Å². The summed E-state index contributed by atoms with van der Waals surface area (Å²) in [4.78, 5) is 19.9. The lowest BCUT2D eigenvalue weighted by atomic mass is 9.98. The Bertz CT molecular complexity index is 866. The minimum Gasteiger partial charge on any atom is -0.462 e. The van der Waals surface area contributed by atoms with Crippen molar-refractivity contribution in [2.45, 2.75) is 69.5 Å². The Kier molecular flexibility index (Phi) is 7.40. The lowest BCUT2D eigenvalue weighted by molar-refractivity contribution is -0.155. The predicted octanol–water partition coefficient (Wildman–Crippen LogP) is 4.27. The van der Waals surface area contributed by atoms with E-state index in [1.807, 2.05) is 55.6 Å². The van der Waals surface area contributed by atoms with Gasteiger partial charge in [0.15, 0.2) is 0 Å². The third-order valence-corrected chi connectivity index (χ3v) is 8.43. The van der Waals surface area contributed by atoms with E-state index in [-0.39, 0.29) is 18.7 Å². The van der Waals surface area contributed by atoms with E-state index < -0.39 is 14.5 Å². The summed E-state index contributed by atoms with van der Waals surface area (Å²) in [5.74, 6) is -0.649. The van der Waals surface area contributed by atoms with Gasteiger partial charge in [0.25, 0.3) is 0 Å². The first-order chi connectivity index (χ1) is 15.4. The average Bonchev–Trinajstić information content (AvgIpc) is 2.99. The smallest absolute Gasteiger partial charge is 0.332 e. The van der Waals surface area contributed by atoms with Crippen molar-refractivity contribution in [3.05, 3.63) is 66.0 Å². The number of hydrogen-bond acceptors (Lipinski definition) is 6. The number of esters is 1. The quantitative estimate of drug-likeness (QED) is 0.417. The fourth-order valence-corrected chi connectivity index (χ4v) is 5.92. The van der Waals surface area contributed by atoms with Gasteiger partial charge in [0.2, 0.25) is 0 Å². The van der Waals surface area contributed by atoms with Crippen LogP contribution in [0.4, 0.5) is 0 Å². The lowest BCUT2D eigenvalue weighted by Gasteiger charge is -2.36. The minimum atomic E-state index is -2.44. The topological polar surface area (TPSA) is 60.9 Å².